The van der Waals surface area contributed by atoms with Crippen LogP contribution in [0.3, 0.4) is 0 Å². The zero-order valence-electron chi connectivity index (χ0n) is 14.6. The van der Waals surface area contributed by atoms with E-state index in [4.69, 9.17) is 0 Å². The Hall–Kier alpha value is -3.21. The number of carbonyl (C=O) groups is 1. The number of hydrogen-bond donors (Lipinski definition) is 1. The SMILES string of the molecule is Cc1ccc2c(c1)CCCN2C(=O)c1cccc(Nc2ncccn2)c1. The first kappa shape index (κ1) is 16.3. The van der Waals surface area contributed by atoms with Gasteiger partial charge in [0.2, 0.25) is 5.95 Å². The Bertz CT molecular complexity index is 940. The highest BCUT2D eigenvalue weighted by molar-refractivity contribution is 6.07. The van der Waals surface area contributed by atoms with Crippen LogP contribution in [-0.4, -0.2) is 22.4 Å². The van der Waals surface area contributed by atoms with Gasteiger partial charge in [-0.15, -0.1) is 0 Å². The van der Waals surface area contributed by atoms with Gasteiger partial charge in [0, 0.05) is 35.9 Å². The van der Waals surface area contributed by atoms with Crippen LogP contribution in [0.1, 0.15) is 27.9 Å². The highest BCUT2D eigenvalue weighted by Crippen LogP contribution is 2.29. The molecule has 1 aliphatic heterocycles. The molecule has 0 radical (unpaired) electrons. The number of nitrogens with one attached hydrogen (secondary N) is 1. The Kier molecular flexibility index (Phi) is 4.35. The highest BCUT2D eigenvalue weighted by atomic mass is 16.2. The van der Waals surface area contributed by atoms with Gasteiger partial charge in [0.05, 0.1) is 0 Å². The average Bonchev–Trinajstić information content (AvgIpc) is 2.68. The van der Waals surface area contributed by atoms with Crippen LogP contribution in [0.15, 0.2) is 60.9 Å². The van der Waals surface area contributed by atoms with Crippen LogP contribution in [0, 0.1) is 6.92 Å². The third-order valence-electron chi connectivity index (χ3n) is 4.53. The molecule has 5 heteroatoms. The molecule has 130 valence electrons. The molecule has 0 aliphatic carbocycles. The van der Waals surface area contributed by atoms with Crippen molar-refractivity contribution in [2.45, 2.75) is 19.8 Å². The molecule has 2 aromatic carbocycles. The van der Waals surface area contributed by atoms with Gasteiger partial charge in [-0.1, -0.05) is 23.8 Å². The lowest BCUT2D eigenvalue weighted by Gasteiger charge is -2.30. The third-order valence-corrected chi connectivity index (χ3v) is 4.53. The van der Waals surface area contributed by atoms with E-state index < -0.39 is 0 Å². The van der Waals surface area contributed by atoms with E-state index in [1.807, 2.05) is 29.2 Å². The normalized spacial score (nSPS) is 13.2. The lowest BCUT2D eigenvalue weighted by Crippen LogP contribution is -2.35. The van der Waals surface area contributed by atoms with E-state index >= 15 is 0 Å². The number of aryl methyl sites for hydroxylation is 2. The smallest absolute Gasteiger partial charge is 0.258 e. The van der Waals surface area contributed by atoms with Crippen molar-refractivity contribution in [3.8, 4) is 0 Å². The van der Waals surface area contributed by atoms with Gasteiger partial charge >= 0.3 is 0 Å². The summed E-state index contributed by atoms with van der Waals surface area (Å²) in [6.45, 7) is 2.83. The Morgan fingerprint density at radius 3 is 2.77 bits per heavy atom. The fraction of sp³-hybridized carbons (Fsp3) is 0.190. The fourth-order valence-corrected chi connectivity index (χ4v) is 3.32. The molecule has 3 aromatic rings. The maximum absolute atomic E-state index is 13.1. The van der Waals surface area contributed by atoms with E-state index in [2.05, 4.69) is 40.4 Å². The van der Waals surface area contributed by atoms with Crippen molar-refractivity contribution in [1.82, 2.24) is 9.97 Å². The third kappa shape index (κ3) is 3.28. The second-order valence-corrected chi connectivity index (χ2v) is 6.47. The van der Waals surface area contributed by atoms with Crippen molar-refractivity contribution >= 4 is 23.2 Å². The summed E-state index contributed by atoms with van der Waals surface area (Å²) < 4.78 is 0. The van der Waals surface area contributed by atoms with Crippen LogP contribution in [0.5, 0.6) is 0 Å². The molecule has 1 N–H and O–H groups in total. The molecule has 0 atom stereocenters. The number of aromatic nitrogens is 2. The molecule has 4 rings (SSSR count). The van der Waals surface area contributed by atoms with Crippen LogP contribution in [0.25, 0.3) is 0 Å². The zero-order chi connectivity index (χ0) is 17.9. The number of amides is 1. The Labute approximate surface area is 152 Å². The van der Waals surface area contributed by atoms with Gasteiger partial charge in [0.25, 0.3) is 5.91 Å². The van der Waals surface area contributed by atoms with Crippen molar-refractivity contribution in [2.24, 2.45) is 0 Å². The fourth-order valence-electron chi connectivity index (χ4n) is 3.32. The first-order valence-electron chi connectivity index (χ1n) is 8.76. The van der Waals surface area contributed by atoms with Crippen LogP contribution >= 0.6 is 0 Å². The summed E-state index contributed by atoms with van der Waals surface area (Å²) in [5.41, 5.74) is 4.95. The lowest BCUT2D eigenvalue weighted by atomic mass is 9.99. The zero-order valence-corrected chi connectivity index (χ0v) is 14.6. The monoisotopic (exact) mass is 344 g/mol. The van der Waals surface area contributed by atoms with E-state index in [1.165, 1.54) is 11.1 Å². The van der Waals surface area contributed by atoms with Gasteiger partial charge < -0.3 is 10.2 Å². The molecule has 0 saturated carbocycles. The maximum Gasteiger partial charge on any atom is 0.258 e. The molecule has 5 nitrogen and oxygen atoms in total. The Balaban J connectivity index is 1.61. The molecule has 0 fully saturated rings. The first-order chi connectivity index (χ1) is 12.7. The maximum atomic E-state index is 13.1. The minimum atomic E-state index is 0.0208. The largest absolute Gasteiger partial charge is 0.324 e. The average molecular weight is 344 g/mol. The molecule has 26 heavy (non-hydrogen) atoms. The summed E-state index contributed by atoms with van der Waals surface area (Å²) >= 11 is 0. The topological polar surface area (TPSA) is 58.1 Å². The van der Waals surface area contributed by atoms with Gasteiger partial charge in [-0.05, 0) is 55.7 Å². The van der Waals surface area contributed by atoms with Gasteiger partial charge in [-0.25, -0.2) is 9.97 Å². The highest BCUT2D eigenvalue weighted by Gasteiger charge is 2.23. The van der Waals surface area contributed by atoms with Crippen molar-refractivity contribution in [3.63, 3.8) is 0 Å². The number of rotatable bonds is 3. The molecule has 2 heterocycles. The van der Waals surface area contributed by atoms with Crippen molar-refractivity contribution in [2.75, 3.05) is 16.8 Å². The number of benzene rings is 2. The van der Waals surface area contributed by atoms with E-state index in [0.717, 1.165) is 30.8 Å². The minimum Gasteiger partial charge on any atom is -0.324 e. The predicted octanol–water partition coefficient (Wildman–Crippen LogP) is 4.12. The molecule has 0 saturated heterocycles. The Morgan fingerprint density at radius 2 is 1.92 bits per heavy atom. The summed E-state index contributed by atoms with van der Waals surface area (Å²) in [5, 5.41) is 3.14. The molecule has 0 spiro atoms. The predicted molar refractivity (Wildman–Crippen MR) is 103 cm³/mol. The molecule has 0 bridgehead atoms. The number of carbonyl (C=O) groups excluding carboxylic acids is 1. The van der Waals surface area contributed by atoms with Gasteiger partial charge in [-0.2, -0.15) is 0 Å². The van der Waals surface area contributed by atoms with E-state index in [1.54, 1.807) is 18.5 Å². The van der Waals surface area contributed by atoms with E-state index in [9.17, 15) is 4.79 Å². The van der Waals surface area contributed by atoms with Crippen LogP contribution in [0.4, 0.5) is 17.3 Å². The Morgan fingerprint density at radius 1 is 1.08 bits per heavy atom. The molecular weight excluding hydrogens is 324 g/mol. The number of nitrogens with zero attached hydrogens (tertiary/aromatic N) is 3. The van der Waals surface area contributed by atoms with Crippen molar-refractivity contribution < 1.29 is 4.79 Å². The number of fused-ring (bicyclic) bond motifs is 1. The van der Waals surface area contributed by atoms with Crippen LogP contribution in [-0.2, 0) is 6.42 Å². The standard InChI is InChI=1S/C21H20N4O/c1-15-8-9-19-16(13-15)6-3-12-25(19)20(26)17-5-2-7-18(14-17)24-21-22-10-4-11-23-21/h2,4-5,7-11,13-14H,3,6,12H2,1H3,(H,22,23,24). The molecule has 1 aliphatic rings. The summed E-state index contributed by atoms with van der Waals surface area (Å²) in [4.78, 5) is 23.3. The first-order valence-corrected chi connectivity index (χ1v) is 8.76. The quantitative estimate of drug-likeness (QED) is 0.776. The van der Waals surface area contributed by atoms with Gasteiger partial charge in [0.15, 0.2) is 0 Å². The summed E-state index contributed by atoms with van der Waals surface area (Å²) in [6, 6.07) is 15.5. The molecule has 0 unspecified atom stereocenters. The van der Waals surface area contributed by atoms with E-state index in [0.29, 0.717) is 11.5 Å². The summed E-state index contributed by atoms with van der Waals surface area (Å²) in [6.07, 6.45) is 5.36. The molecule has 1 aromatic heterocycles. The van der Waals surface area contributed by atoms with Crippen LogP contribution in [0.2, 0.25) is 0 Å². The number of hydrogen-bond acceptors (Lipinski definition) is 4. The van der Waals surface area contributed by atoms with Gasteiger partial charge in [0.1, 0.15) is 0 Å². The molecular formula is C21H20N4O. The van der Waals surface area contributed by atoms with Crippen molar-refractivity contribution in [3.05, 3.63) is 77.6 Å². The summed E-state index contributed by atoms with van der Waals surface area (Å²) in [7, 11) is 0. The van der Waals surface area contributed by atoms with Gasteiger partial charge in [-0.3, -0.25) is 4.79 Å². The minimum absolute atomic E-state index is 0.0208. The number of anilines is 3. The summed E-state index contributed by atoms with van der Waals surface area (Å²) in [5.74, 6) is 0.531. The molecule has 1 amide bonds. The van der Waals surface area contributed by atoms with E-state index in [-0.39, 0.29) is 5.91 Å². The van der Waals surface area contributed by atoms with Crippen LogP contribution < -0.4 is 10.2 Å². The lowest BCUT2D eigenvalue weighted by molar-refractivity contribution is 0.0985. The van der Waals surface area contributed by atoms with Crippen molar-refractivity contribution in [1.29, 1.82) is 0 Å². The second kappa shape index (κ2) is 6.96. The second-order valence-electron chi connectivity index (χ2n) is 6.47.